The maximum atomic E-state index is 6.23. The molecule has 0 aliphatic carbocycles. The Bertz CT molecular complexity index is 553. The van der Waals surface area contributed by atoms with E-state index < -0.39 is 5.66 Å². The third kappa shape index (κ3) is 3.42. The fourth-order valence-electron chi connectivity index (χ4n) is 1.86. The molecule has 4 heteroatoms. The highest BCUT2D eigenvalue weighted by atomic mass is 79.9. The molecule has 4 N–H and O–H groups in total. The molecule has 0 saturated heterocycles. The molecule has 0 aromatic heterocycles. The molecule has 0 bridgehead atoms. The summed E-state index contributed by atoms with van der Waals surface area (Å²) in [6.45, 7) is 0. The Morgan fingerprint density at radius 2 is 1.50 bits per heavy atom. The van der Waals surface area contributed by atoms with Crippen LogP contribution in [0.4, 0.5) is 0 Å². The van der Waals surface area contributed by atoms with Gasteiger partial charge in [0.25, 0.3) is 0 Å². The quantitative estimate of drug-likeness (QED) is 0.813. The number of halogens is 2. The summed E-state index contributed by atoms with van der Waals surface area (Å²) in [5.41, 5.74) is 13.6. The second-order valence-corrected chi connectivity index (χ2v) is 6.19. The van der Waals surface area contributed by atoms with E-state index in [1.807, 2.05) is 48.5 Å². The highest BCUT2D eigenvalue weighted by Gasteiger charge is 2.22. The summed E-state index contributed by atoms with van der Waals surface area (Å²) in [6, 6.07) is 15.8. The molecule has 94 valence electrons. The Kier molecular flexibility index (Phi) is 4.22. The van der Waals surface area contributed by atoms with Crippen LogP contribution in [-0.4, -0.2) is 0 Å². The van der Waals surface area contributed by atoms with Crippen molar-refractivity contribution < 1.29 is 0 Å². The van der Waals surface area contributed by atoms with Crippen LogP contribution in [0.2, 0.25) is 0 Å². The minimum atomic E-state index is -0.870. The maximum absolute atomic E-state index is 6.23. The van der Waals surface area contributed by atoms with E-state index in [1.165, 1.54) is 0 Å². The van der Waals surface area contributed by atoms with Crippen LogP contribution in [0.5, 0.6) is 0 Å². The predicted molar refractivity (Wildman–Crippen MR) is 82.0 cm³/mol. The molecule has 0 fully saturated rings. The largest absolute Gasteiger partial charge is 0.309 e. The van der Waals surface area contributed by atoms with Crippen LogP contribution in [0.15, 0.2) is 57.5 Å². The van der Waals surface area contributed by atoms with Crippen LogP contribution in [0.3, 0.4) is 0 Å². The zero-order valence-electron chi connectivity index (χ0n) is 9.74. The molecule has 2 nitrogen and oxygen atoms in total. The summed E-state index contributed by atoms with van der Waals surface area (Å²) in [4.78, 5) is 0. The average molecular weight is 370 g/mol. The van der Waals surface area contributed by atoms with Crippen molar-refractivity contribution >= 4 is 31.9 Å². The molecule has 0 spiro atoms. The van der Waals surface area contributed by atoms with Gasteiger partial charge in [0.2, 0.25) is 0 Å². The van der Waals surface area contributed by atoms with E-state index in [-0.39, 0.29) is 0 Å². The van der Waals surface area contributed by atoms with E-state index in [0.717, 1.165) is 20.1 Å². The van der Waals surface area contributed by atoms with Crippen LogP contribution in [-0.2, 0) is 12.1 Å². The van der Waals surface area contributed by atoms with Gasteiger partial charge >= 0.3 is 0 Å². The summed E-state index contributed by atoms with van der Waals surface area (Å²) in [5, 5.41) is 0. The summed E-state index contributed by atoms with van der Waals surface area (Å²) < 4.78 is 2.01. The molecule has 0 amide bonds. The standard InChI is InChI=1S/C14H14Br2N2/c15-12-5-1-3-10(7-12)9-14(17,18)11-4-2-6-13(16)8-11/h1-8H,9,17-18H2. The number of rotatable bonds is 3. The van der Waals surface area contributed by atoms with Crippen molar-refractivity contribution in [3.05, 3.63) is 68.6 Å². The van der Waals surface area contributed by atoms with Gasteiger partial charge in [0.1, 0.15) is 0 Å². The van der Waals surface area contributed by atoms with E-state index >= 15 is 0 Å². The van der Waals surface area contributed by atoms with E-state index in [0.29, 0.717) is 6.42 Å². The zero-order chi connectivity index (χ0) is 13.2. The van der Waals surface area contributed by atoms with Crippen molar-refractivity contribution in [1.82, 2.24) is 0 Å². The van der Waals surface area contributed by atoms with E-state index in [9.17, 15) is 0 Å². The topological polar surface area (TPSA) is 52.0 Å². The molecule has 0 radical (unpaired) electrons. The van der Waals surface area contributed by atoms with Gasteiger partial charge in [-0.3, -0.25) is 0 Å². The SMILES string of the molecule is NC(N)(Cc1cccc(Br)c1)c1cccc(Br)c1. The van der Waals surface area contributed by atoms with E-state index in [1.54, 1.807) is 0 Å². The average Bonchev–Trinajstić information content (AvgIpc) is 2.28. The molecule has 0 aliphatic heterocycles. The Morgan fingerprint density at radius 3 is 2.11 bits per heavy atom. The van der Waals surface area contributed by atoms with Gasteiger partial charge in [-0.1, -0.05) is 56.1 Å². The Labute approximate surface area is 124 Å². The first-order valence-electron chi connectivity index (χ1n) is 5.56. The first-order chi connectivity index (χ1) is 8.47. The molecular weight excluding hydrogens is 356 g/mol. The van der Waals surface area contributed by atoms with Crippen LogP contribution in [0.1, 0.15) is 11.1 Å². The molecule has 18 heavy (non-hydrogen) atoms. The maximum Gasteiger partial charge on any atom is 0.0941 e. The molecule has 0 heterocycles. The lowest BCUT2D eigenvalue weighted by Gasteiger charge is -2.25. The van der Waals surface area contributed by atoms with Gasteiger partial charge in [-0.25, -0.2) is 0 Å². The summed E-state index contributed by atoms with van der Waals surface area (Å²) >= 11 is 6.88. The third-order valence-electron chi connectivity index (χ3n) is 2.75. The van der Waals surface area contributed by atoms with Gasteiger partial charge in [-0.15, -0.1) is 0 Å². The van der Waals surface area contributed by atoms with Crippen molar-refractivity contribution in [1.29, 1.82) is 0 Å². The smallest absolute Gasteiger partial charge is 0.0941 e. The van der Waals surface area contributed by atoms with Gasteiger partial charge in [-0.2, -0.15) is 0 Å². The molecule has 0 aliphatic rings. The Hall–Kier alpha value is -0.680. The number of hydrogen-bond acceptors (Lipinski definition) is 2. The highest BCUT2D eigenvalue weighted by Crippen LogP contribution is 2.22. The lowest BCUT2D eigenvalue weighted by molar-refractivity contribution is 0.461. The summed E-state index contributed by atoms with van der Waals surface area (Å²) in [7, 11) is 0. The first kappa shape index (κ1) is 13.7. The molecule has 2 rings (SSSR count). The number of hydrogen-bond donors (Lipinski definition) is 2. The van der Waals surface area contributed by atoms with E-state index in [4.69, 9.17) is 11.5 Å². The minimum Gasteiger partial charge on any atom is -0.309 e. The molecule has 0 saturated carbocycles. The van der Waals surface area contributed by atoms with Gasteiger partial charge in [0.15, 0.2) is 0 Å². The lowest BCUT2D eigenvalue weighted by Crippen LogP contribution is -2.48. The van der Waals surface area contributed by atoms with E-state index in [2.05, 4.69) is 31.9 Å². The summed E-state index contributed by atoms with van der Waals surface area (Å²) in [6.07, 6.45) is 0.586. The fourth-order valence-corrected chi connectivity index (χ4v) is 2.71. The molecule has 0 unspecified atom stereocenters. The van der Waals surface area contributed by atoms with Gasteiger partial charge in [0, 0.05) is 15.4 Å². The van der Waals surface area contributed by atoms with Gasteiger partial charge in [-0.05, 0) is 35.4 Å². The molecule has 0 atom stereocenters. The minimum absolute atomic E-state index is 0.586. The zero-order valence-corrected chi connectivity index (χ0v) is 12.9. The molecule has 2 aromatic carbocycles. The first-order valence-corrected chi connectivity index (χ1v) is 7.14. The second-order valence-electron chi connectivity index (χ2n) is 4.36. The van der Waals surface area contributed by atoms with Crippen LogP contribution in [0.25, 0.3) is 0 Å². The monoisotopic (exact) mass is 368 g/mol. The van der Waals surface area contributed by atoms with Crippen LogP contribution >= 0.6 is 31.9 Å². The van der Waals surface area contributed by atoms with Gasteiger partial charge < -0.3 is 11.5 Å². The van der Waals surface area contributed by atoms with Gasteiger partial charge in [0.05, 0.1) is 5.66 Å². The Balaban J connectivity index is 2.26. The van der Waals surface area contributed by atoms with Crippen molar-refractivity contribution in [2.24, 2.45) is 11.5 Å². The van der Waals surface area contributed by atoms with Crippen molar-refractivity contribution in [3.8, 4) is 0 Å². The van der Waals surface area contributed by atoms with Crippen LogP contribution < -0.4 is 11.5 Å². The lowest BCUT2D eigenvalue weighted by atomic mass is 9.94. The van der Waals surface area contributed by atoms with Crippen molar-refractivity contribution in [3.63, 3.8) is 0 Å². The third-order valence-corrected chi connectivity index (χ3v) is 3.73. The second kappa shape index (κ2) is 5.53. The summed E-state index contributed by atoms with van der Waals surface area (Å²) in [5.74, 6) is 0. The van der Waals surface area contributed by atoms with Crippen LogP contribution in [0, 0.1) is 0 Å². The normalized spacial score (nSPS) is 11.6. The van der Waals surface area contributed by atoms with Crippen molar-refractivity contribution in [2.45, 2.75) is 12.1 Å². The number of nitrogens with two attached hydrogens (primary N) is 2. The predicted octanol–water partition coefficient (Wildman–Crippen LogP) is 3.52. The highest BCUT2D eigenvalue weighted by molar-refractivity contribution is 9.10. The van der Waals surface area contributed by atoms with Crippen molar-refractivity contribution in [2.75, 3.05) is 0 Å². The number of benzene rings is 2. The Morgan fingerprint density at radius 1 is 0.889 bits per heavy atom. The fraction of sp³-hybridized carbons (Fsp3) is 0.143. The molecular formula is C14H14Br2N2. The molecule has 2 aromatic rings.